The van der Waals surface area contributed by atoms with Crippen molar-refractivity contribution in [1.29, 1.82) is 5.41 Å². The van der Waals surface area contributed by atoms with Crippen LogP contribution in [0.3, 0.4) is 0 Å². The van der Waals surface area contributed by atoms with Gasteiger partial charge in [0.1, 0.15) is 18.2 Å². The number of rotatable bonds is 8. The van der Waals surface area contributed by atoms with E-state index in [-0.39, 0.29) is 12.4 Å². The largest absolute Gasteiger partial charge is 0.493 e. The molecule has 0 aromatic heterocycles. The van der Waals surface area contributed by atoms with Crippen LogP contribution in [0.5, 0.6) is 0 Å². The minimum atomic E-state index is 0.00954. The Bertz CT molecular complexity index is 603. The summed E-state index contributed by atoms with van der Waals surface area (Å²) in [6.07, 6.45) is 6.21. The first kappa shape index (κ1) is 17.1. The van der Waals surface area contributed by atoms with E-state index in [0.717, 1.165) is 42.8 Å². The molecule has 0 amide bonds. The maximum absolute atomic E-state index is 8.98. The highest BCUT2D eigenvalue weighted by molar-refractivity contribution is 5.95. The van der Waals surface area contributed by atoms with Crippen LogP contribution in [0, 0.1) is 5.41 Å². The van der Waals surface area contributed by atoms with E-state index in [9.17, 15) is 0 Å². The Balaban J connectivity index is 2.19. The van der Waals surface area contributed by atoms with Gasteiger partial charge in [0.2, 0.25) is 0 Å². The molecule has 124 valence electrons. The van der Waals surface area contributed by atoms with Crippen molar-refractivity contribution in [3.05, 3.63) is 52.9 Å². The van der Waals surface area contributed by atoms with E-state index in [1.807, 2.05) is 24.3 Å². The Morgan fingerprint density at radius 1 is 1.30 bits per heavy atom. The van der Waals surface area contributed by atoms with E-state index in [0.29, 0.717) is 12.2 Å². The van der Waals surface area contributed by atoms with Crippen molar-refractivity contribution in [3.8, 4) is 0 Å². The Kier molecular flexibility index (Phi) is 6.23. The highest BCUT2D eigenvalue weighted by Gasteiger charge is 2.15. The van der Waals surface area contributed by atoms with Gasteiger partial charge in [0.25, 0.3) is 0 Å². The summed E-state index contributed by atoms with van der Waals surface area (Å²) in [6, 6.07) is 7.43. The van der Waals surface area contributed by atoms with Crippen LogP contribution in [0.4, 0.5) is 5.69 Å². The van der Waals surface area contributed by atoms with Gasteiger partial charge in [-0.15, -0.1) is 0 Å². The lowest BCUT2D eigenvalue weighted by molar-refractivity contribution is 0.137. The molecule has 2 rings (SSSR count). The highest BCUT2D eigenvalue weighted by Crippen LogP contribution is 2.28. The van der Waals surface area contributed by atoms with Crippen molar-refractivity contribution in [3.63, 3.8) is 0 Å². The molecule has 23 heavy (non-hydrogen) atoms. The summed E-state index contributed by atoms with van der Waals surface area (Å²) >= 11 is 0. The number of anilines is 1. The normalized spacial score (nSPS) is 14.4. The molecule has 0 heterocycles. The lowest BCUT2D eigenvalue weighted by Gasteiger charge is -2.21. The summed E-state index contributed by atoms with van der Waals surface area (Å²) in [7, 11) is 0. The summed E-state index contributed by atoms with van der Waals surface area (Å²) in [5.74, 6) is 0.945. The number of nitrogens with one attached hydrogen (secondary N) is 2. The van der Waals surface area contributed by atoms with Crippen molar-refractivity contribution in [2.75, 3.05) is 18.5 Å². The second-order valence-electron chi connectivity index (χ2n) is 5.58. The highest BCUT2D eigenvalue weighted by atomic mass is 16.5. The van der Waals surface area contributed by atoms with Gasteiger partial charge in [-0.1, -0.05) is 18.9 Å². The van der Waals surface area contributed by atoms with E-state index in [4.69, 9.17) is 21.0 Å². The Labute approximate surface area is 137 Å². The number of benzene rings is 1. The molecule has 5 N–H and O–H groups in total. The molecule has 0 saturated carbocycles. The van der Waals surface area contributed by atoms with Gasteiger partial charge in [0, 0.05) is 17.7 Å². The first-order chi connectivity index (χ1) is 11.1. The molecule has 1 aliphatic rings. The number of aliphatic hydroxyl groups is 1. The number of nitrogens with two attached hydrogens (primary N) is 1. The van der Waals surface area contributed by atoms with Gasteiger partial charge in [-0.25, -0.2) is 0 Å². The van der Waals surface area contributed by atoms with Gasteiger partial charge in [-0.3, -0.25) is 5.41 Å². The molecule has 0 aliphatic heterocycles. The fraction of sp³-hybridized carbons (Fsp3) is 0.389. The molecule has 0 radical (unpaired) electrons. The standard InChI is InChI=1S/C18H25N3O2/c1-2-3-13-4-9-17(23-11-10-22)16(12-13)21-15-7-5-14(6-8-15)18(19)20/h5-8,12,21-22H,2-4,9-11H2,1H3,(H3,19,20). The molecule has 0 fully saturated rings. The number of aliphatic hydroxyl groups excluding tert-OH is 1. The predicted molar refractivity (Wildman–Crippen MR) is 93.4 cm³/mol. The third-order valence-electron chi connectivity index (χ3n) is 3.74. The molecule has 0 unspecified atom stereocenters. The van der Waals surface area contributed by atoms with Crippen LogP contribution in [0.2, 0.25) is 0 Å². The van der Waals surface area contributed by atoms with Crippen molar-refractivity contribution < 1.29 is 9.84 Å². The molecule has 5 heteroatoms. The van der Waals surface area contributed by atoms with E-state index < -0.39 is 0 Å². The van der Waals surface area contributed by atoms with Gasteiger partial charge in [-0.05, 0) is 43.2 Å². The number of allylic oxidation sites excluding steroid dienone is 3. The van der Waals surface area contributed by atoms with Gasteiger partial charge < -0.3 is 20.9 Å². The van der Waals surface area contributed by atoms with E-state index in [2.05, 4.69) is 18.3 Å². The third-order valence-corrected chi connectivity index (χ3v) is 3.74. The number of hydrogen-bond acceptors (Lipinski definition) is 4. The number of ether oxygens (including phenoxy) is 1. The number of amidine groups is 1. The van der Waals surface area contributed by atoms with Crippen LogP contribution in [0.1, 0.15) is 38.2 Å². The minimum Gasteiger partial charge on any atom is -0.493 e. The van der Waals surface area contributed by atoms with Gasteiger partial charge in [-0.2, -0.15) is 0 Å². The zero-order chi connectivity index (χ0) is 16.7. The molecular weight excluding hydrogens is 290 g/mol. The smallest absolute Gasteiger partial charge is 0.122 e. The molecule has 5 nitrogen and oxygen atoms in total. The molecule has 1 aromatic carbocycles. The average Bonchev–Trinajstić information content (AvgIpc) is 2.55. The van der Waals surface area contributed by atoms with E-state index in [1.54, 1.807) is 0 Å². The lowest BCUT2D eigenvalue weighted by Crippen LogP contribution is -2.12. The second-order valence-corrected chi connectivity index (χ2v) is 5.58. The monoisotopic (exact) mass is 315 g/mol. The predicted octanol–water partition coefficient (Wildman–Crippen LogP) is 3.12. The molecule has 0 saturated heterocycles. The fourth-order valence-corrected chi connectivity index (χ4v) is 2.60. The first-order valence-corrected chi connectivity index (χ1v) is 8.01. The molecule has 0 atom stereocenters. The Hall–Kier alpha value is -2.27. The second kappa shape index (κ2) is 8.39. The molecule has 1 aliphatic carbocycles. The van der Waals surface area contributed by atoms with Crippen LogP contribution < -0.4 is 11.1 Å². The Morgan fingerprint density at radius 3 is 2.65 bits per heavy atom. The van der Waals surface area contributed by atoms with Gasteiger partial charge >= 0.3 is 0 Å². The van der Waals surface area contributed by atoms with Gasteiger partial charge in [0.15, 0.2) is 0 Å². The molecule has 0 spiro atoms. The SMILES string of the molecule is CCCC1=CC(Nc2ccc(C(=N)N)cc2)=C(OCCO)CC1. The van der Waals surface area contributed by atoms with Crippen molar-refractivity contribution in [2.24, 2.45) is 5.73 Å². The Morgan fingerprint density at radius 2 is 2.04 bits per heavy atom. The maximum atomic E-state index is 8.98. The van der Waals surface area contributed by atoms with Crippen LogP contribution in [0.15, 0.2) is 47.4 Å². The summed E-state index contributed by atoms with van der Waals surface area (Å²) in [5, 5.41) is 19.8. The average molecular weight is 315 g/mol. The topological polar surface area (TPSA) is 91.4 Å². The molecular formula is C18H25N3O2. The van der Waals surface area contributed by atoms with Crippen LogP contribution in [-0.4, -0.2) is 24.2 Å². The zero-order valence-corrected chi connectivity index (χ0v) is 13.6. The summed E-state index contributed by atoms with van der Waals surface area (Å²) < 4.78 is 5.67. The number of nitrogen functional groups attached to an aromatic ring is 1. The van der Waals surface area contributed by atoms with Crippen LogP contribution >= 0.6 is 0 Å². The first-order valence-electron chi connectivity index (χ1n) is 8.01. The lowest BCUT2D eigenvalue weighted by atomic mass is 9.97. The number of hydrogen-bond donors (Lipinski definition) is 4. The van der Waals surface area contributed by atoms with Crippen molar-refractivity contribution in [2.45, 2.75) is 32.6 Å². The van der Waals surface area contributed by atoms with E-state index in [1.165, 1.54) is 5.57 Å². The quantitative estimate of drug-likeness (QED) is 0.438. The molecule has 1 aromatic rings. The third kappa shape index (κ3) is 4.86. The summed E-state index contributed by atoms with van der Waals surface area (Å²) in [6.45, 7) is 2.49. The maximum Gasteiger partial charge on any atom is 0.122 e. The van der Waals surface area contributed by atoms with Gasteiger partial charge in [0.05, 0.1) is 12.3 Å². The van der Waals surface area contributed by atoms with Crippen molar-refractivity contribution >= 4 is 11.5 Å². The van der Waals surface area contributed by atoms with Crippen LogP contribution in [0.25, 0.3) is 0 Å². The molecule has 0 bridgehead atoms. The summed E-state index contributed by atoms with van der Waals surface area (Å²) in [4.78, 5) is 0. The van der Waals surface area contributed by atoms with Crippen molar-refractivity contribution in [1.82, 2.24) is 0 Å². The van der Waals surface area contributed by atoms with E-state index >= 15 is 0 Å². The van der Waals surface area contributed by atoms with Crippen LogP contribution in [-0.2, 0) is 4.74 Å². The zero-order valence-electron chi connectivity index (χ0n) is 13.6. The summed E-state index contributed by atoms with van der Waals surface area (Å²) in [5.41, 5.74) is 9.46. The fourth-order valence-electron chi connectivity index (χ4n) is 2.60. The minimum absolute atomic E-state index is 0.00954.